The van der Waals surface area contributed by atoms with Gasteiger partial charge in [0.2, 0.25) is 5.95 Å². The molecule has 1 N–H and O–H groups in total. The molecule has 7 nitrogen and oxygen atoms in total. The molecule has 0 aliphatic carbocycles. The molecule has 0 aromatic carbocycles. The third kappa shape index (κ3) is 2.86. The lowest BCUT2D eigenvalue weighted by Crippen LogP contribution is -2.38. The number of aromatic amines is 1. The highest BCUT2D eigenvalue weighted by Crippen LogP contribution is 2.27. The van der Waals surface area contributed by atoms with Crippen LogP contribution < -0.4 is 9.80 Å². The number of fused-ring (bicyclic) bond motifs is 1. The number of hydrogen-bond acceptors (Lipinski definition) is 5. The van der Waals surface area contributed by atoms with Gasteiger partial charge in [0, 0.05) is 46.5 Å². The predicted molar refractivity (Wildman–Crippen MR) is 89.9 cm³/mol. The van der Waals surface area contributed by atoms with Crippen LogP contribution in [-0.4, -0.2) is 60.5 Å². The zero-order valence-corrected chi connectivity index (χ0v) is 14.0. The summed E-state index contributed by atoms with van der Waals surface area (Å²) in [5, 5.41) is 0. The molecule has 0 fully saturated rings. The lowest BCUT2D eigenvalue weighted by atomic mass is 10.0. The summed E-state index contributed by atoms with van der Waals surface area (Å²) < 4.78 is 0. The fourth-order valence-electron chi connectivity index (χ4n) is 2.77. The van der Waals surface area contributed by atoms with Crippen molar-refractivity contribution in [1.29, 1.82) is 0 Å². The Morgan fingerprint density at radius 2 is 2.00 bits per heavy atom. The number of carbonyl (C=O) groups excluding carboxylic acids is 1. The van der Waals surface area contributed by atoms with E-state index in [-0.39, 0.29) is 5.91 Å². The molecule has 0 bridgehead atoms. The molecular weight excluding hydrogens is 292 g/mol. The van der Waals surface area contributed by atoms with Crippen molar-refractivity contribution >= 4 is 17.7 Å². The summed E-state index contributed by atoms with van der Waals surface area (Å²) in [6.07, 6.45) is 2.53. The average Bonchev–Trinajstić information content (AvgIpc) is 3.06. The zero-order chi connectivity index (χ0) is 16.6. The fraction of sp³-hybridized carbons (Fsp3) is 0.438. The molecule has 122 valence electrons. The average molecular weight is 314 g/mol. The van der Waals surface area contributed by atoms with Crippen LogP contribution in [0.2, 0.25) is 0 Å². The quantitative estimate of drug-likeness (QED) is 0.920. The van der Waals surface area contributed by atoms with E-state index in [4.69, 9.17) is 0 Å². The molecule has 0 radical (unpaired) electrons. The normalized spacial score (nSPS) is 13.7. The van der Waals surface area contributed by atoms with Gasteiger partial charge in [0.25, 0.3) is 5.91 Å². The van der Waals surface area contributed by atoms with Crippen LogP contribution in [-0.2, 0) is 13.0 Å². The smallest absolute Gasteiger partial charge is 0.270 e. The maximum Gasteiger partial charge on any atom is 0.270 e. The Hall–Kier alpha value is -2.57. The summed E-state index contributed by atoms with van der Waals surface area (Å²) in [4.78, 5) is 30.5. The van der Waals surface area contributed by atoms with E-state index >= 15 is 0 Å². The number of hydrogen-bond donors (Lipinski definition) is 1. The first-order chi connectivity index (χ1) is 11.0. The second-order valence-electron chi connectivity index (χ2n) is 6.12. The molecular formula is C16H22N6O. The van der Waals surface area contributed by atoms with Crippen molar-refractivity contribution in [2.24, 2.45) is 0 Å². The van der Waals surface area contributed by atoms with E-state index in [0.29, 0.717) is 24.7 Å². The highest BCUT2D eigenvalue weighted by Gasteiger charge is 2.27. The lowest BCUT2D eigenvalue weighted by Gasteiger charge is -2.31. The number of anilines is 2. The number of nitrogens with one attached hydrogen (secondary N) is 1. The van der Waals surface area contributed by atoms with Gasteiger partial charge in [-0.2, -0.15) is 4.98 Å². The first-order valence-corrected chi connectivity index (χ1v) is 7.64. The van der Waals surface area contributed by atoms with Crippen LogP contribution in [0, 0.1) is 0 Å². The maximum absolute atomic E-state index is 12.5. The van der Waals surface area contributed by atoms with Crippen LogP contribution >= 0.6 is 0 Å². The summed E-state index contributed by atoms with van der Waals surface area (Å²) in [5.41, 5.74) is 2.68. The largest absolute Gasteiger partial charge is 0.362 e. The van der Waals surface area contributed by atoms with Crippen molar-refractivity contribution in [3.63, 3.8) is 0 Å². The van der Waals surface area contributed by atoms with Gasteiger partial charge < -0.3 is 19.7 Å². The van der Waals surface area contributed by atoms with Crippen molar-refractivity contribution in [2.75, 3.05) is 44.5 Å². The Labute approximate surface area is 135 Å². The van der Waals surface area contributed by atoms with E-state index in [2.05, 4.69) is 15.0 Å². The van der Waals surface area contributed by atoms with Gasteiger partial charge in [-0.05, 0) is 18.6 Å². The molecule has 1 amide bonds. The number of rotatable bonds is 3. The Bertz CT molecular complexity index is 708. The molecule has 2 aromatic rings. The van der Waals surface area contributed by atoms with Crippen LogP contribution in [0.15, 0.2) is 18.3 Å². The minimum atomic E-state index is 0.0112. The van der Waals surface area contributed by atoms with Gasteiger partial charge in [-0.25, -0.2) is 4.98 Å². The maximum atomic E-state index is 12.5. The van der Waals surface area contributed by atoms with E-state index in [1.54, 1.807) is 12.3 Å². The lowest BCUT2D eigenvalue weighted by molar-refractivity contribution is 0.0726. The first kappa shape index (κ1) is 15.3. The molecule has 23 heavy (non-hydrogen) atoms. The van der Waals surface area contributed by atoms with Crippen LogP contribution in [0.4, 0.5) is 11.8 Å². The number of aromatic nitrogens is 3. The molecule has 0 saturated carbocycles. The predicted octanol–water partition coefficient (Wildman–Crippen LogP) is 1.14. The highest BCUT2D eigenvalue weighted by molar-refractivity contribution is 5.92. The van der Waals surface area contributed by atoms with E-state index in [9.17, 15) is 4.79 Å². The molecule has 0 atom stereocenters. The zero-order valence-electron chi connectivity index (χ0n) is 14.0. The standard InChI is InChI=1S/C16H22N6O/c1-20(2)14-11-7-9-22(15(23)12-6-5-8-17-12)10-13(11)18-16(19-14)21(3)4/h5-6,8,17H,7,9-10H2,1-4H3. The Kier molecular flexibility index (Phi) is 3.94. The van der Waals surface area contributed by atoms with Crippen LogP contribution in [0.3, 0.4) is 0 Å². The van der Waals surface area contributed by atoms with Crippen molar-refractivity contribution < 1.29 is 4.79 Å². The topological polar surface area (TPSA) is 68.4 Å². The summed E-state index contributed by atoms with van der Waals surface area (Å²) in [7, 11) is 7.81. The van der Waals surface area contributed by atoms with Gasteiger partial charge in [0.05, 0.1) is 12.2 Å². The Balaban J connectivity index is 1.94. The van der Waals surface area contributed by atoms with Crippen molar-refractivity contribution in [3.05, 3.63) is 35.3 Å². The van der Waals surface area contributed by atoms with Crippen molar-refractivity contribution in [3.8, 4) is 0 Å². The fourth-order valence-corrected chi connectivity index (χ4v) is 2.77. The molecule has 2 aromatic heterocycles. The first-order valence-electron chi connectivity index (χ1n) is 7.64. The summed E-state index contributed by atoms with van der Waals surface area (Å²) in [6.45, 7) is 1.19. The van der Waals surface area contributed by atoms with Gasteiger partial charge in [-0.1, -0.05) is 0 Å². The molecule has 7 heteroatoms. The number of nitrogens with zero attached hydrogens (tertiary/aromatic N) is 5. The number of amides is 1. The third-order valence-electron chi connectivity index (χ3n) is 3.97. The van der Waals surface area contributed by atoms with E-state index in [0.717, 1.165) is 23.5 Å². The van der Waals surface area contributed by atoms with Crippen molar-refractivity contribution in [2.45, 2.75) is 13.0 Å². The molecule has 0 spiro atoms. The van der Waals surface area contributed by atoms with Crippen LogP contribution in [0.25, 0.3) is 0 Å². The third-order valence-corrected chi connectivity index (χ3v) is 3.97. The summed E-state index contributed by atoms with van der Waals surface area (Å²) >= 11 is 0. The molecule has 1 aliphatic heterocycles. The Morgan fingerprint density at radius 1 is 1.22 bits per heavy atom. The highest BCUT2D eigenvalue weighted by atomic mass is 16.2. The van der Waals surface area contributed by atoms with Crippen LogP contribution in [0.1, 0.15) is 21.7 Å². The number of H-pyrrole nitrogens is 1. The van der Waals surface area contributed by atoms with Crippen LogP contribution in [0.5, 0.6) is 0 Å². The minimum absolute atomic E-state index is 0.0112. The second-order valence-corrected chi connectivity index (χ2v) is 6.12. The van der Waals surface area contributed by atoms with E-state index < -0.39 is 0 Å². The molecule has 3 rings (SSSR count). The SMILES string of the molecule is CN(C)c1nc2c(c(N(C)C)n1)CCN(C(=O)c1ccc[nH]1)C2. The van der Waals surface area contributed by atoms with Gasteiger partial charge in [-0.3, -0.25) is 4.79 Å². The molecule has 3 heterocycles. The summed E-state index contributed by atoms with van der Waals surface area (Å²) in [5.74, 6) is 1.62. The van der Waals surface area contributed by atoms with Gasteiger partial charge >= 0.3 is 0 Å². The van der Waals surface area contributed by atoms with Gasteiger partial charge in [-0.15, -0.1) is 0 Å². The molecule has 1 aliphatic rings. The van der Waals surface area contributed by atoms with Gasteiger partial charge in [0.1, 0.15) is 11.5 Å². The van der Waals surface area contributed by atoms with E-state index in [1.165, 1.54) is 0 Å². The molecule has 0 saturated heterocycles. The summed E-state index contributed by atoms with van der Waals surface area (Å²) in [6, 6.07) is 3.63. The molecule has 0 unspecified atom stereocenters. The number of carbonyl (C=O) groups is 1. The van der Waals surface area contributed by atoms with Crippen molar-refractivity contribution in [1.82, 2.24) is 19.9 Å². The Morgan fingerprint density at radius 3 is 2.61 bits per heavy atom. The monoisotopic (exact) mass is 314 g/mol. The second kappa shape index (κ2) is 5.91. The van der Waals surface area contributed by atoms with E-state index in [1.807, 2.05) is 49.0 Å². The van der Waals surface area contributed by atoms with Gasteiger partial charge in [0.15, 0.2) is 0 Å². The minimum Gasteiger partial charge on any atom is -0.362 e.